The Morgan fingerprint density at radius 2 is 2.19 bits per heavy atom. The number of fused-ring (bicyclic) bond motifs is 1. The Bertz CT molecular complexity index is 337. The summed E-state index contributed by atoms with van der Waals surface area (Å²) >= 11 is 0. The molecule has 0 aliphatic carbocycles. The molecule has 2 aliphatic heterocycles. The van der Waals surface area contributed by atoms with Gasteiger partial charge in [0.05, 0.1) is 0 Å². The molecule has 0 aromatic rings. The van der Waals surface area contributed by atoms with Gasteiger partial charge >= 0.3 is 5.97 Å². The topological polar surface area (TPSA) is 55.8 Å². The molecule has 2 N–H and O–H groups in total. The van der Waals surface area contributed by atoms with Crippen LogP contribution in [0.25, 0.3) is 0 Å². The second-order valence-electron chi connectivity index (χ2n) is 6.67. The fourth-order valence-corrected chi connectivity index (χ4v) is 3.87. The van der Waals surface area contributed by atoms with Crippen molar-refractivity contribution in [2.24, 2.45) is 5.92 Å². The average molecular weight is 297 g/mol. The third-order valence-electron chi connectivity index (χ3n) is 5.10. The standard InChI is InChI=1S/C16H31N3O2/c1-3-8-17-14(16(20)21)6-10-19-11-7-15-13(12-19)5-4-9-18(15)2/h13-15,17H,3-12H2,1-2H3,(H,20,21). The van der Waals surface area contributed by atoms with E-state index in [4.69, 9.17) is 0 Å². The van der Waals surface area contributed by atoms with Crippen LogP contribution in [-0.4, -0.2) is 72.7 Å². The van der Waals surface area contributed by atoms with Crippen LogP contribution in [0, 0.1) is 5.92 Å². The largest absolute Gasteiger partial charge is 0.480 e. The van der Waals surface area contributed by atoms with E-state index < -0.39 is 12.0 Å². The second kappa shape index (κ2) is 8.11. The summed E-state index contributed by atoms with van der Waals surface area (Å²) in [6.07, 6.45) is 5.57. The van der Waals surface area contributed by atoms with Crippen LogP contribution in [0.3, 0.4) is 0 Å². The molecular weight excluding hydrogens is 266 g/mol. The Balaban J connectivity index is 1.77. The quantitative estimate of drug-likeness (QED) is 0.740. The van der Waals surface area contributed by atoms with Crippen molar-refractivity contribution in [3.05, 3.63) is 0 Å². The number of aliphatic carboxylic acids is 1. The van der Waals surface area contributed by atoms with E-state index in [-0.39, 0.29) is 0 Å². The number of hydrogen-bond acceptors (Lipinski definition) is 4. The molecule has 3 unspecified atom stereocenters. The minimum absolute atomic E-state index is 0.392. The predicted octanol–water partition coefficient (Wildman–Crippen LogP) is 1.25. The molecule has 21 heavy (non-hydrogen) atoms. The van der Waals surface area contributed by atoms with E-state index in [9.17, 15) is 9.90 Å². The van der Waals surface area contributed by atoms with Crippen molar-refractivity contribution in [3.63, 3.8) is 0 Å². The fraction of sp³-hybridized carbons (Fsp3) is 0.938. The highest BCUT2D eigenvalue weighted by Gasteiger charge is 2.34. The summed E-state index contributed by atoms with van der Waals surface area (Å²) in [5.74, 6) is 0.0696. The number of nitrogens with one attached hydrogen (secondary N) is 1. The lowest BCUT2D eigenvalue weighted by Gasteiger charge is -2.46. The van der Waals surface area contributed by atoms with E-state index in [1.54, 1.807) is 0 Å². The van der Waals surface area contributed by atoms with Crippen molar-refractivity contribution in [2.75, 3.05) is 39.8 Å². The zero-order valence-electron chi connectivity index (χ0n) is 13.6. The molecule has 0 aromatic heterocycles. The van der Waals surface area contributed by atoms with Crippen LogP contribution in [0.1, 0.15) is 39.0 Å². The summed E-state index contributed by atoms with van der Waals surface area (Å²) in [6.45, 7) is 7.26. The first-order chi connectivity index (χ1) is 10.1. The van der Waals surface area contributed by atoms with Gasteiger partial charge in [0.15, 0.2) is 0 Å². The Kier molecular flexibility index (Phi) is 6.45. The Morgan fingerprint density at radius 1 is 1.38 bits per heavy atom. The van der Waals surface area contributed by atoms with E-state index in [2.05, 4.69) is 29.1 Å². The van der Waals surface area contributed by atoms with E-state index >= 15 is 0 Å². The van der Waals surface area contributed by atoms with E-state index in [0.29, 0.717) is 6.42 Å². The van der Waals surface area contributed by atoms with Gasteiger partial charge in [0, 0.05) is 19.1 Å². The lowest BCUT2D eigenvalue weighted by Crippen LogP contribution is -2.53. The molecule has 2 heterocycles. The smallest absolute Gasteiger partial charge is 0.320 e. The summed E-state index contributed by atoms with van der Waals surface area (Å²) in [7, 11) is 2.25. The number of rotatable bonds is 7. The minimum atomic E-state index is -0.712. The minimum Gasteiger partial charge on any atom is -0.480 e. The maximum atomic E-state index is 11.3. The monoisotopic (exact) mass is 297 g/mol. The van der Waals surface area contributed by atoms with Gasteiger partial charge in [-0.25, -0.2) is 0 Å². The lowest BCUT2D eigenvalue weighted by atomic mass is 9.84. The fourth-order valence-electron chi connectivity index (χ4n) is 3.87. The molecule has 5 nitrogen and oxygen atoms in total. The van der Waals surface area contributed by atoms with E-state index in [1.165, 1.54) is 25.8 Å². The van der Waals surface area contributed by atoms with Gasteiger partial charge in [-0.05, 0) is 64.7 Å². The first-order valence-electron chi connectivity index (χ1n) is 8.50. The zero-order chi connectivity index (χ0) is 15.2. The summed E-state index contributed by atoms with van der Waals surface area (Å²) < 4.78 is 0. The number of piperidine rings is 2. The maximum Gasteiger partial charge on any atom is 0.320 e. The molecule has 2 saturated heterocycles. The van der Waals surface area contributed by atoms with Gasteiger partial charge in [-0.3, -0.25) is 4.79 Å². The van der Waals surface area contributed by atoms with Gasteiger partial charge in [0.25, 0.3) is 0 Å². The molecule has 0 radical (unpaired) electrons. The first kappa shape index (κ1) is 16.7. The molecule has 2 fully saturated rings. The number of carboxylic acid groups (broad SMARTS) is 1. The van der Waals surface area contributed by atoms with Crippen molar-refractivity contribution in [1.29, 1.82) is 0 Å². The van der Waals surface area contributed by atoms with Crippen molar-refractivity contribution in [2.45, 2.75) is 51.1 Å². The third-order valence-corrected chi connectivity index (χ3v) is 5.10. The average Bonchev–Trinajstić information content (AvgIpc) is 2.47. The van der Waals surface area contributed by atoms with Crippen molar-refractivity contribution < 1.29 is 9.90 Å². The summed E-state index contributed by atoms with van der Waals surface area (Å²) in [6, 6.07) is 0.361. The van der Waals surface area contributed by atoms with Gasteiger partial charge in [0.1, 0.15) is 6.04 Å². The number of nitrogens with zero attached hydrogens (tertiary/aromatic N) is 2. The van der Waals surface area contributed by atoms with Gasteiger partial charge < -0.3 is 20.2 Å². The molecule has 0 amide bonds. The Labute approximate surface area is 128 Å². The van der Waals surface area contributed by atoms with Crippen LogP contribution >= 0.6 is 0 Å². The summed E-state index contributed by atoms with van der Waals surface area (Å²) in [5.41, 5.74) is 0. The zero-order valence-corrected chi connectivity index (χ0v) is 13.6. The third kappa shape index (κ3) is 4.66. The number of likely N-dealkylation sites (tertiary alicyclic amines) is 2. The molecule has 3 atom stereocenters. The number of carbonyl (C=O) groups is 1. The predicted molar refractivity (Wildman–Crippen MR) is 84.5 cm³/mol. The van der Waals surface area contributed by atoms with Crippen LogP contribution in [0.4, 0.5) is 0 Å². The van der Waals surface area contributed by atoms with Crippen LogP contribution in [-0.2, 0) is 4.79 Å². The van der Waals surface area contributed by atoms with Crippen molar-refractivity contribution in [1.82, 2.24) is 15.1 Å². The van der Waals surface area contributed by atoms with Crippen molar-refractivity contribution in [3.8, 4) is 0 Å². The second-order valence-corrected chi connectivity index (χ2v) is 6.67. The van der Waals surface area contributed by atoms with Crippen molar-refractivity contribution >= 4 is 5.97 Å². The van der Waals surface area contributed by atoms with Gasteiger partial charge in [0.2, 0.25) is 0 Å². The summed E-state index contributed by atoms with van der Waals surface area (Å²) in [5, 5.41) is 12.4. The molecule has 0 bridgehead atoms. The molecule has 122 valence electrons. The van der Waals surface area contributed by atoms with Crippen LogP contribution < -0.4 is 5.32 Å². The molecule has 0 aromatic carbocycles. The Morgan fingerprint density at radius 3 is 2.90 bits per heavy atom. The van der Waals surface area contributed by atoms with Crippen LogP contribution in [0.2, 0.25) is 0 Å². The highest BCUT2D eigenvalue weighted by Crippen LogP contribution is 2.29. The number of carboxylic acids is 1. The Hall–Kier alpha value is -0.650. The highest BCUT2D eigenvalue weighted by molar-refractivity contribution is 5.73. The maximum absolute atomic E-state index is 11.3. The van der Waals surface area contributed by atoms with E-state index in [1.807, 2.05) is 0 Å². The van der Waals surface area contributed by atoms with E-state index in [0.717, 1.165) is 44.6 Å². The lowest BCUT2D eigenvalue weighted by molar-refractivity contribution is -0.139. The summed E-state index contributed by atoms with van der Waals surface area (Å²) in [4.78, 5) is 16.3. The normalized spacial score (nSPS) is 29.0. The highest BCUT2D eigenvalue weighted by atomic mass is 16.4. The van der Waals surface area contributed by atoms with Gasteiger partial charge in [-0.15, -0.1) is 0 Å². The molecule has 2 aliphatic rings. The molecular formula is C16H31N3O2. The molecule has 2 rings (SSSR count). The first-order valence-corrected chi connectivity index (χ1v) is 8.50. The van der Waals surface area contributed by atoms with Crippen LogP contribution in [0.5, 0.6) is 0 Å². The molecule has 0 spiro atoms. The van der Waals surface area contributed by atoms with Crippen LogP contribution in [0.15, 0.2) is 0 Å². The SMILES string of the molecule is CCCNC(CCN1CCC2C(CCCN2C)C1)C(=O)O. The number of hydrogen-bond donors (Lipinski definition) is 2. The molecule has 0 saturated carbocycles. The van der Waals surface area contributed by atoms with Gasteiger partial charge in [-0.2, -0.15) is 0 Å². The van der Waals surface area contributed by atoms with Gasteiger partial charge in [-0.1, -0.05) is 6.92 Å². The molecule has 5 heteroatoms.